The second kappa shape index (κ2) is 8.69. The Kier molecular flexibility index (Phi) is 7.23. The Hall–Kier alpha value is -1.42. The number of aromatic hydroxyl groups is 1. The first-order chi connectivity index (χ1) is 9.54. The van der Waals surface area contributed by atoms with Crippen LogP contribution in [0.3, 0.4) is 0 Å². The average Bonchev–Trinajstić information content (AvgIpc) is 2.41. The molecular weight excluding hydrogens is 250 g/mol. The molecule has 1 unspecified atom stereocenters. The number of hydrogen-bond donors (Lipinski definition) is 3. The Morgan fingerprint density at radius 3 is 2.60 bits per heavy atom. The van der Waals surface area contributed by atoms with Crippen molar-refractivity contribution in [2.75, 3.05) is 44.4 Å². The maximum atomic E-state index is 9.53. The first-order valence-corrected chi connectivity index (χ1v) is 7.65. The molecule has 4 nitrogen and oxygen atoms in total. The van der Waals surface area contributed by atoms with Crippen molar-refractivity contribution in [2.45, 2.75) is 32.6 Å². The second-order valence-corrected chi connectivity index (χ2v) is 5.68. The van der Waals surface area contributed by atoms with E-state index in [-0.39, 0.29) is 5.75 Å². The minimum atomic E-state index is 0.267. The molecule has 0 aromatic heterocycles. The minimum absolute atomic E-state index is 0.267. The Morgan fingerprint density at radius 2 is 1.90 bits per heavy atom. The van der Waals surface area contributed by atoms with Gasteiger partial charge in [0.15, 0.2) is 0 Å². The highest BCUT2D eigenvalue weighted by molar-refractivity contribution is 5.69. The summed E-state index contributed by atoms with van der Waals surface area (Å²) >= 11 is 0. The van der Waals surface area contributed by atoms with E-state index in [0.717, 1.165) is 18.7 Å². The van der Waals surface area contributed by atoms with Gasteiger partial charge in [-0.25, -0.2) is 0 Å². The van der Waals surface area contributed by atoms with Crippen LogP contribution in [0.5, 0.6) is 5.75 Å². The predicted octanol–water partition coefficient (Wildman–Crippen LogP) is 1.51. The van der Waals surface area contributed by atoms with Gasteiger partial charge >= 0.3 is 0 Å². The summed E-state index contributed by atoms with van der Waals surface area (Å²) in [5.41, 5.74) is 7.57. The lowest BCUT2D eigenvalue weighted by molar-refractivity contribution is -0.879. The van der Waals surface area contributed by atoms with Crippen molar-refractivity contribution >= 4 is 11.4 Å². The van der Waals surface area contributed by atoms with Crippen LogP contribution >= 0.6 is 0 Å². The molecule has 4 N–H and O–H groups in total. The number of nitrogens with two attached hydrogens (primary N) is 1. The molecule has 0 amide bonds. The van der Waals surface area contributed by atoms with E-state index >= 15 is 0 Å². The molecule has 0 radical (unpaired) electrons. The fourth-order valence-electron chi connectivity index (χ4n) is 2.40. The third-order valence-corrected chi connectivity index (χ3v) is 3.73. The van der Waals surface area contributed by atoms with Gasteiger partial charge in [-0.05, 0) is 25.0 Å². The molecule has 1 aromatic carbocycles. The lowest BCUT2D eigenvalue weighted by atomic mass is 10.2. The number of benzene rings is 1. The molecule has 0 aliphatic rings. The van der Waals surface area contributed by atoms with Crippen LogP contribution in [0.4, 0.5) is 11.4 Å². The summed E-state index contributed by atoms with van der Waals surface area (Å²) in [7, 11) is 4.29. The predicted molar refractivity (Wildman–Crippen MR) is 86.6 cm³/mol. The van der Waals surface area contributed by atoms with E-state index in [4.69, 9.17) is 5.73 Å². The normalized spacial score (nSPS) is 12.3. The zero-order chi connectivity index (χ0) is 15.0. The Bertz CT molecular complexity index is 395. The first-order valence-electron chi connectivity index (χ1n) is 7.65. The van der Waals surface area contributed by atoms with Crippen LogP contribution in [0.15, 0.2) is 18.2 Å². The van der Waals surface area contributed by atoms with E-state index in [1.165, 1.54) is 32.4 Å². The van der Waals surface area contributed by atoms with Gasteiger partial charge < -0.3 is 20.6 Å². The van der Waals surface area contributed by atoms with Gasteiger partial charge in [0.05, 0.1) is 31.5 Å². The molecule has 4 heteroatoms. The Morgan fingerprint density at radius 1 is 1.20 bits per heavy atom. The highest BCUT2D eigenvalue weighted by Crippen LogP contribution is 2.26. The fraction of sp³-hybridized carbons (Fsp3) is 0.625. The number of nitrogens with zero attached hydrogens (tertiary/aromatic N) is 1. The molecule has 0 fully saturated rings. The third-order valence-electron chi connectivity index (χ3n) is 3.73. The number of rotatable bonds is 9. The van der Waals surface area contributed by atoms with Gasteiger partial charge in [-0.2, -0.15) is 0 Å². The van der Waals surface area contributed by atoms with Crippen molar-refractivity contribution in [3.63, 3.8) is 0 Å². The molecule has 20 heavy (non-hydrogen) atoms. The standard InChI is InChI=1S/C16H29N3O/c1-4-5-6-10-18(2)11-7-12-19(3)16-13-14(20)8-9-15(16)17/h8-9,13,20H,4-7,10-12,17H2,1-3H3/p+1. The van der Waals surface area contributed by atoms with Gasteiger partial charge in [0.1, 0.15) is 5.75 Å². The zero-order valence-corrected chi connectivity index (χ0v) is 13.2. The van der Waals surface area contributed by atoms with Gasteiger partial charge in [0.2, 0.25) is 0 Å². The number of unbranched alkanes of at least 4 members (excludes halogenated alkanes) is 2. The number of phenolic OH excluding ortho intramolecular Hbond substituents is 1. The quantitative estimate of drug-likeness (QED) is 0.365. The molecule has 114 valence electrons. The van der Waals surface area contributed by atoms with Crippen LogP contribution in [0.25, 0.3) is 0 Å². The molecule has 0 heterocycles. The molecule has 0 saturated carbocycles. The van der Waals surface area contributed by atoms with Gasteiger partial charge in [-0.15, -0.1) is 0 Å². The number of quaternary nitrogens is 1. The van der Waals surface area contributed by atoms with E-state index in [2.05, 4.69) is 18.9 Å². The third kappa shape index (κ3) is 5.70. The Labute approximate surface area is 123 Å². The van der Waals surface area contributed by atoms with Gasteiger partial charge in [0.25, 0.3) is 0 Å². The van der Waals surface area contributed by atoms with Crippen LogP contribution in [0.1, 0.15) is 32.6 Å². The number of hydrogen-bond acceptors (Lipinski definition) is 3. The monoisotopic (exact) mass is 280 g/mol. The molecule has 1 aromatic rings. The lowest BCUT2D eigenvalue weighted by Crippen LogP contribution is -3.09. The summed E-state index contributed by atoms with van der Waals surface area (Å²) in [6.45, 7) is 5.63. The largest absolute Gasteiger partial charge is 0.508 e. The summed E-state index contributed by atoms with van der Waals surface area (Å²) in [5.74, 6) is 0.267. The minimum Gasteiger partial charge on any atom is -0.508 e. The zero-order valence-electron chi connectivity index (χ0n) is 13.2. The summed E-state index contributed by atoms with van der Waals surface area (Å²) in [5, 5.41) is 9.53. The number of anilines is 2. The van der Waals surface area contributed by atoms with E-state index in [1.54, 1.807) is 23.1 Å². The topological polar surface area (TPSA) is 53.9 Å². The van der Waals surface area contributed by atoms with Crippen molar-refractivity contribution in [1.29, 1.82) is 0 Å². The van der Waals surface area contributed by atoms with Gasteiger partial charge in [-0.3, -0.25) is 0 Å². The van der Waals surface area contributed by atoms with Crippen LogP contribution in [0.2, 0.25) is 0 Å². The number of nitrogens with one attached hydrogen (secondary N) is 1. The second-order valence-electron chi connectivity index (χ2n) is 5.68. The Balaban J connectivity index is 2.32. The molecule has 0 aliphatic carbocycles. The van der Waals surface area contributed by atoms with Crippen LogP contribution in [0, 0.1) is 0 Å². The molecule has 1 rings (SSSR count). The maximum Gasteiger partial charge on any atom is 0.117 e. The summed E-state index contributed by atoms with van der Waals surface area (Å²) in [4.78, 5) is 3.71. The van der Waals surface area contributed by atoms with Crippen molar-refractivity contribution in [3.8, 4) is 5.75 Å². The molecule has 1 atom stereocenters. The molecular formula is C16H30N3O+. The van der Waals surface area contributed by atoms with Crippen LogP contribution < -0.4 is 15.5 Å². The van der Waals surface area contributed by atoms with Gasteiger partial charge in [0, 0.05) is 26.1 Å². The molecule has 0 saturated heterocycles. The summed E-state index contributed by atoms with van der Waals surface area (Å²) < 4.78 is 0. The molecule has 0 aliphatic heterocycles. The average molecular weight is 280 g/mol. The lowest BCUT2D eigenvalue weighted by Gasteiger charge is -2.22. The van der Waals surface area contributed by atoms with Crippen molar-refractivity contribution in [2.24, 2.45) is 0 Å². The van der Waals surface area contributed by atoms with Crippen molar-refractivity contribution in [1.82, 2.24) is 0 Å². The van der Waals surface area contributed by atoms with Gasteiger partial charge in [-0.1, -0.05) is 13.3 Å². The molecule has 0 spiro atoms. The molecule has 0 bridgehead atoms. The van der Waals surface area contributed by atoms with E-state index in [1.807, 2.05) is 7.05 Å². The van der Waals surface area contributed by atoms with E-state index in [9.17, 15) is 5.11 Å². The van der Waals surface area contributed by atoms with Crippen LogP contribution in [-0.2, 0) is 0 Å². The van der Waals surface area contributed by atoms with Crippen molar-refractivity contribution in [3.05, 3.63) is 18.2 Å². The summed E-state index contributed by atoms with van der Waals surface area (Å²) in [6, 6.07) is 5.11. The SMILES string of the molecule is CCCCC[NH+](C)CCCN(C)c1cc(O)ccc1N. The summed E-state index contributed by atoms with van der Waals surface area (Å²) in [6.07, 6.45) is 5.06. The smallest absolute Gasteiger partial charge is 0.117 e. The van der Waals surface area contributed by atoms with E-state index < -0.39 is 0 Å². The number of nitrogen functional groups attached to an aromatic ring is 1. The highest BCUT2D eigenvalue weighted by Gasteiger charge is 2.08. The first kappa shape index (κ1) is 16.6. The van der Waals surface area contributed by atoms with E-state index in [0.29, 0.717) is 5.69 Å². The fourth-order valence-corrected chi connectivity index (χ4v) is 2.40. The van der Waals surface area contributed by atoms with Crippen molar-refractivity contribution < 1.29 is 10.0 Å². The maximum absolute atomic E-state index is 9.53. The number of phenols is 1. The van der Waals surface area contributed by atoms with Crippen LogP contribution in [-0.4, -0.2) is 38.8 Å². The highest BCUT2D eigenvalue weighted by atomic mass is 16.3.